The van der Waals surface area contributed by atoms with Crippen LogP contribution < -0.4 is 10.6 Å². The second kappa shape index (κ2) is 8.83. The molecule has 134 valence electrons. The molecule has 0 saturated carbocycles. The Labute approximate surface area is 149 Å². The molecule has 2 amide bonds. The fraction of sp³-hybridized carbons (Fsp3) is 0.450. The summed E-state index contributed by atoms with van der Waals surface area (Å²) in [5.74, 6) is 0. The predicted octanol–water partition coefficient (Wildman–Crippen LogP) is 3.20. The van der Waals surface area contributed by atoms with E-state index in [2.05, 4.69) is 15.5 Å². The molecule has 0 radical (unpaired) electrons. The fourth-order valence-corrected chi connectivity index (χ4v) is 3.54. The molecule has 0 aromatic heterocycles. The van der Waals surface area contributed by atoms with Crippen LogP contribution in [0.5, 0.6) is 0 Å². The van der Waals surface area contributed by atoms with Crippen LogP contribution in [0.4, 0.5) is 10.5 Å². The van der Waals surface area contributed by atoms with Crippen LogP contribution in [0.15, 0.2) is 42.5 Å². The van der Waals surface area contributed by atoms with Crippen LogP contribution in [0, 0.1) is 0 Å². The molecule has 1 atom stereocenters. The third-order valence-corrected chi connectivity index (χ3v) is 4.91. The highest BCUT2D eigenvalue weighted by molar-refractivity contribution is 6.01. The number of anilines is 1. The summed E-state index contributed by atoms with van der Waals surface area (Å²) in [6, 6.07) is 14.1. The average Bonchev–Trinajstić information content (AvgIpc) is 3.09. The number of carbonyl (C=O) groups is 1. The minimum Gasteiger partial charge on any atom is -0.395 e. The van der Waals surface area contributed by atoms with Crippen molar-refractivity contribution < 1.29 is 9.90 Å². The molecule has 2 aromatic carbocycles. The molecule has 2 aromatic rings. The summed E-state index contributed by atoms with van der Waals surface area (Å²) in [7, 11) is 0. The number of aliphatic hydroxyl groups is 1. The van der Waals surface area contributed by atoms with E-state index < -0.39 is 0 Å². The van der Waals surface area contributed by atoms with Gasteiger partial charge in [-0.2, -0.15) is 0 Å². The van der Waals surface area contributed by atoms with Crippen LogP contribution in [0.1, 0.15) is 25.7 Å². The van der Waals surface area contributed by atoms with Crippen LogP contribution in [-0.4, -0.2) is 48.3 Å². The number of unbranched alkanes of at least 4 members (excludes halogenated alkanes) is 1. The Morgan fingerprint density at radius 3 is 2.88 bits per heavy atom. The Morgan fingerprint density at radius 2 is 2.00 bits per heavy atom. The minimum absolute atomic E-state index is 0.161. The molecule has 5 nitrogen and oxygen atoms in total. The average molecular weight is 341 g/mol. The summed E-state index contributed by atoms with van der Waals surface area (Å²) < 4.78 is 0. The van der Waals surface area contributed by atoms with E-state index in [0.717, 1.165) is 48.8 Å². The van der Waals surface area contributed by atoms with Gasteiger partial charge in [-0.3, -0.25) is 4.90 Å². The summed E-state index contributed by atoms with van der Waals surface area (Å²) in [5, 5.41) is 17.3. The molecule has 1 aliphatic rings. The van der Waals surface area contributed by atoms with Crippen molar-refractivity contribution in [2.75, 3.05) is 31.6 Å². The van der Waals surface area contributed by atoms with Crippen molar-refractivity contribution in [1.82, 2.24) is 10.2 Å². The summed E-state index contributed by atoms with van der Waals surface area (Å²) in [6.07, 6.45) is 4.25. The molecule has 25 heavy (non-hydrogen) atoms. The lowest BCUT2D eigenvalue weighted by Crippen LogP contribution is -2.34. The zero-order valence-corrected chi connectivity index (χ0v) is 14.6. The van der Waals surface area contributed by atoms with Gasteiger partial charge in [0.25, 0.3) is 0 Å². The largest absolute Gasteiger partial charge is 0.395 e. The number of aliphatic hydroxyl groups excluding tert-OH is 1. The quantitative estimate of drug-likeness (QED) is 0.678. The Kier molecular flexibility index (Phi) is 6.25. The third kappa shape index (κ3) is 4.71. The number of nitrogens with zero attached hydrogens (tertiary/aromatic N) is 1. The molecule has 0 bridgehead atoms. The summed E-state index contributed by atoms with van der Waals surface area (Å²) >= 11 is 0. The molecule has 1 heterocycles. The van der Waals surface area contributed by atoms with E-state index in [1.165, 1.54) is 6.42 Å². The number of fused-ring (bicyclic) bond motifs is 1. The Bertz CT molecular complexity index is 699. The van der Waals surface area contributed by atoms with Gasteiger partial charge >= 0.3 is 6.03 Å². The molecule has 0 spiro atoms. The highest BCUT2D eigenvalue weighted by Gasteiger charge is 2.22. The van der Waals surface area contributed by atoms with Crippen molar-refractivity contribution in [3.05, 3.63) is 42.5 Å². The van der Waals surface area contributed by atoms with Gasteiger partial charge in [-0.25, -0.2) is 4.79 Å². The molecular weight excluding hydrogens is 314 g/mol. The molecule has 3 rings (SSSR count). The van der Waals surface area contributed by atoms with Gasteiger partial charge in [-0.1, -0.05) is 36.4 Å². The topological polar surface area (TPSA) is 64.6 Å². The van der Waals surface area contributed by atoms with Gasteiger partial charge in [-0.15, -0.1) is 0 Å². The number of urea groups is 1. The molecule has 1 aliphatic heterocycles. The van der Waals surface area contributed by atoms with Crippen molar-refractivity contribution in [3.8, 4) is 0 Å². The van der Waals surface area contributed by atoms with E-state index in [0.29, 0.717) is 12.6 Å². The normalized spacial score (nSPS) is 17.7. The fourth-order valence-electron chi connectivity index (χ4n) is 3.54. The van der Waals surface area contributed by atoms with Gasteiger partial charge < -0.3 is 15.7 Å². The van der Waals surface area contributed by atoms with Crippen molar-refractivity contribution in [1.29, 1.82) is 0 Å². The Hall–Kier alpha value is -2.11. The van der Waals surface area contributed by atoms with Crippen LogP contribution in [0.3, 0.4) is 0 Å². The molecule has 1 saturated heterocycles. The molecular formula is C20H27N3O2. The minimum atomic E-state index is -0.161. The van der Waals surface area contributed by atoms with Gasteiger partial charge in [0.2, 0.25) is 0 Å². The van der Waals surface area contributed by atoms with E-state index >= 15 is 0 Å². The van der Waals surface area contributed by atoms with Crippen LogP contribution in [-0.2, 0) is 0 Å². The maximum Gasteiger partial charge on any atom is 0.319 e. The number of hydrogen-bond acceptors (Lipinski definition) is 3. The maximum atomic E-state index is 12.1. The lowest BCUT2D eigenvalue weighted by molar-refractivity contribution is 0.157. The summed E-state index contributed by atoms with van der Waals surface area (Å²) in [6.45, 7) is 3.00. The van der Waals surface area contributed by atoms with E-state index in [1.807, 2.05) is 42.5 Å². The van der Waals surface area contributed by atoms with E-state index in [-0.39, 0.29) is 12.6 Å². The number of carbonyl (C=O) groups excluding carboxylic acids is 1. The monoisotopic (exact) mass is 341 g/mol. The van der Waals surface area contributed by atoms with Gasteiger partial charge in [0, 0.05) is 18.0 Å². The highest BCUT2D eigenvalue weighted by atomic mass is 16.3. The van der Waals surface area contributed by atoms with Gasteiger partial charge in [-0.05, 0) is 50.2 Å². The van der Waals surface area contributed by atoms with Gasteiger partial charge in [0.15, 0.2) is 0 Å². The zero-order valence-electron chi connectivity index (χ0n) is 14.6. The van der Waals surface area contributed by atoms with Crippen molar-refractivity contribution in [2.45, 2.75) is 31.7 Å². The predicted molar refractivity (Wildman–Crippen MR) is 102 cm³/mol. The third-order valence-electron chi connectivity index (χ3n) is 4.91. The maximum absolute atomic E-state index is 12.1. The molecule has 1 fully saturated rings. The zero-order chi connectivity index (χ0) is 17.5. The van der Waals surface area contributed by atoms with Crippen LogP contribution in [0.25, 0.3) is 10.8 Å². The number of likely N-dealkylation sites (tertiary alicyclic amines) is 1. The molecule has 5 heteroatoms. The first kappa shape index (κ1) is 17.7. The highest BCUT2D eigenvalue weighted by Crippen LogP contribution is 2.22. The second-order valence-electron chi connectivity index (χ2n) is 6.63. The standard InChI is InChI=1S/C20H27N3O2/c24-15-17-9-6-14-23(17)13-4-3-12-21-20(25)22-19-11-5-8-16-7-1-2-10-18(16)19/h1-2,5,7-8,10-11,17,24H,3-4,6,9,12-15H2,(H2,21,22,25)/t17-/m0/s1. The number of rotatable bonds is 7. The number of hydrogen-bond donors (Lipinski definition) is 3. The van der Waals surface area contributed by atoms with Crippen molar-refractivity contribution in [3.63, 3.8) is 0 Å². The summed E-state index contributed by atoms with van der Waals surface area (Å²) in [5.41, 5.74) is 0.832. The second-order valence-corrected chi connectivity index (χ2v) is 6.63. The van der Waals surface area contributed by atoms with Gasteiger partial charge in [0.1, 0.15) is 0 Å². The smallest absolute Gasteiger partial charge is 0.319 e. The molecule has 0 unspecified atom stereocenters. The van der Waals surface area contributed by atoms with E-state index in [4.69, 9.17) is 0 Å². The van der Waals surface area contributed by atoms with E-state index in [1.54, 1.807) is 0 Å². The van der Waals surface area contributed by atoms with Gasteiger partial charge in [0.05, 0.1) is 12.3 Å². The number of nitrogens with one attached hydrogen (secondary N) is 2. The molecule has 0 aliphatic carbocycles. The lowest BCUT2D eigenvalue weighted by Gasteiger charge is -2.22. The number of benzene rings is 2. The van der Waals surface area contributed by atoms with Crippen molar-refractivity contribution >= 4 is 22.5 Å². The lowest BCUT2D eigenvalue weighted by atomic mass is 10.1. The SMILES string of the molecule is O=C(NCCCCN1CCC[C@H]1CO)Nc1cccc2ccccc12. The van der Waals surface area contributed by atoms with E-state index in [9.17, 15) is 9.90 Å². The number of amides is 2. The first-order chi connectivity index (χ1) is 12.3. The first-order valence-electron chi connectivity index (χ1n) is 9.15. The van der Waals surface area contributed by atoms with Crippen molar-refractivity contribution in [2.24, 2.45) is 0 Å². The Morgan fingerprint density at radius 1 is 1.16 bits per heavy atom. The van der Waals surface area contributed by atoms with Crippen LogP contribution in [0.2, 0.25) is 0 Å². The molecule has 3 N–H and O–H groups in total. The Balaban J connectivity index is 1.39. The van der Waals surface area contributed by atoms with Crippen LogP contribution >= 0.6 is 0 Å². The first-order valence-corrected chi connectivity index (χ1v) is 9.15. The summed E-state index contributed by atoms with van der Waals surface area (Å²) in [4.78, 5) is 14.5.